The molecule has 1 aromatic heterocycles. The van der Waals surface area contributed by atoms with Crippen LogP contribution in [0, 0.1) is 6.92 Å². The number of anilines is 2. The molecule has 0 aliphatic carbocycles. The van der Waals surface area contributed by atoms with Crippen LogP contribution in [0.4, 0.5) is 11.6 Å². The van der Waals surface area contributed by atoms with E-state index in [1.165, 1.54) is 6.42 Å². The Bertz CT molecular complexity index is 363. The Morgan fingerprint density at radius 1 is 1.24 bits per heavy atom. The van der Waals surface area contributed by atoms with Crippen LogP contribution in [0.5, 0.6) is 0 Å². The third-order valence-electron chi connectivity index (χ3n) is 3.02. The average molecular weight is 236 g/mol. The molecule has 1 aromatic rings. The van der Waals surface area contributed by atoms with Crippen LogP contribution >= 0.6 is 0 Å². The highest BCUT2D eigenvalue weighted by molar-refractivity contribution is 5.55. The molecule has 4 nitrogen and oxygen atoms in total. The highest BCUT2D eigenvalue weighted by atomic mass is 15.1. The van der Waals surface area contributed by atoms with Gasteiger partial charge >= 0.3 is 0 Å². The molecule has 0 radical (unpaired) electrons. The number of aromatic nitrogens is 2. The fourth-order valence-electron chi connectivity index (χ4n) is 1.80. The van der Waals surface area contributed by atoms with Crippen LogP contribution in [0.2, 0.25) is 0 Å². The van der Waals surface area contributed by atoms with Crippen molar-refractivity contribution in [2.24, 2.45) is 0 Å². The van der Waals surface area contributed by atoms with E-state index in [4.69, 9.17) is 5.73 Å². The van der Waals surface area contributed by atoms with Gasteiger partial charge in [-0.05, 0) is 19.8 Å². The maximum absolute atomic E-state index is 5.90. The minimum Gasteiger partial charge on any atom is -0.383 e. The molecule has 1 rings (SSSR count). The molecule has 0 aliphatic rings. The molecular weight excluding hydrogens is 212 g/mol. The van der Waals surface area contributed by atoms with Crippen molar-refractivity contribution >= 4 is 11.6 Å². The first kappa shape index (κ1) is 13.7. The summed E-state index contributed by atoms with van der Waals surface area (Å²) < 4.78 is 0. The van der Waals surface area contributed by atoms with Gasteiger partial charge in [-0.15, -0.1) is 0 Å². The predicted octanol–water partition coefficient (Wildman–Crippen LogP) is 2.92. The summed E-state index contributed by atoms with van der Waals surface area (Å²) in [6.45, 7) is 8.39. The molecule has 1 unspecified atom stereocenters. The lowest BCUT2D eigenvalue weighted by molar-refractivity contribution is 0.619. The third-order valence-corrected chi connectivity index (χ3v) is 3.02. The maximum Gasteiger partial charge on any atom is 0.134 e. The second-order valence-electron chi connectivity index (χ2n) is 4.39. The fourth-order valence-corrected chi connectivity index (χ4v) is 1.80. The Hall–Kier alpha value is -1.32. The molecule has 0 bridgehead atoms. The van der Waals surface area contributed by atoms with Gasteiger partial charge in [0, 0.05) is 18.0 Å². The number of nitrogens with two attached hydrogens (primary N) is 1. The van der Waals surface area contributed by atoms with Gasteiger partial charge in [0.05, 0.1) is 0 Å². The van der Waals surface area contributed by atoms with E-state index in [-0.39, 0.29) is 0 Å². The number of aryl methyl sites for hydroxylation is 1. The number of nitrogens with one attached hydrogen (secondary N) is 1. The summed E-state index contributed by atoms with van der Waals surface area (Å²) in [5.41, 5.74) is 6.85. The van der Waals surface area contributed by atoms with Crippen molar-refractivity contribution in [1.82, 2.24) is 9.97 Å². The second-order valence-corrected chi connectivity index (χ2v) is 4.39. The van der Waals surface area contributed by atoms with Crippen LogP contribution < -0.4 is 11.1 Å². The molecule has 3 N–H and O–H groups in total. The zero-order valence-electron chi connectivity index (χ0n) is 11.4. The zero-order chi connectivity index (χ0) is 12.8. The molecule has 0 amide bonds. The highest BCUT2D eigenvalue weighted by Crippen LogP contribution is 2.20. The van der Waals surface area contributed by atoms with Crippen LogP contribution in [0.3, 0.4) is 0 Å². The second kappa shape index (κ2) is 6.42. The summed E-state index contributed by atoms with van der Waals surface area (Å²) in [6.07, 6.45) is 4.23. The largest absolute Gasteiger partial charge is 0.383 e. The Morgan fingerprint density at radius 3 is 2.47 bits per heavy atom. The Labute approximate surface area is 104 Å². The molecule has 0 spiro atoms. The number of hydrogen-bond acceptors (Lipinski definition) is 4. The lowest BCUT2D eigenvalue weighted by Crippen LogP contribution is -2.20. The molecule has 4 heteroatoms. The van der Waals surface area contributed by atoms with Crippen molar-refractivity contribution in [1.29, 1.82) is 0 Å². The van der Waals surface area contributed by atoms with Gasteiger partial charge in [-0.3, -0.25) is 0 Å². The summed E-state index contributed by atoms with van der Waals surface area (Å²) in [5, 5.41) is 3.48. The van der Waals surface area contributed by atoms with Crippen LogP contribution in [0.15, 0.2) is 0 Å². The van der Waals surface area contributed by atoms with E-state index in [9.17, 15) is 0 Å². The summed E-state index contributed by atoms with van der Waals surface area (Å²) in [4.78, 5) is 8.78. The van der Waals surface area contributed by atoms with E-state index in [2.05, 4.69) is 29.1 Å². The number of nitrogens with zero attached hydrogens (tertiary/aromatic N) is 2. The van der Waals surface area contributed by atoms with E-state index < -0.39 is 0 Å². The normalized spacial score (nSPS) is 12.5. The van der Waals surface area contributed by atoms with Crippen molar-refractivity contribution in [3.63, 3.8) is 0 Å². The van der Waals surface area contributed by atoms with Crippen molar-refractivity contribution in [2.75, 3.05) is 11.1 Å². The molecule has 0 aliphatic heterocycles. The minimum absolute atomic E-state index is 0.470. The smallest absolute Gasteiger partial charge is 0.134 e. The predicted molar refractivity (Wildman–Crippen MR) is 73.2 cm³/mol. The van der Waals surface area contributed by atoms with Crippen molar-refractivity contribution in [2.45, 2.75) is 59.4 Å². The first-order valence-electron chi connectivity index (χ1n) is 6.51. The minimum atomic E-state index is 0.470. The zero-order valence-corrected chi connectivity index (χ0v) is 11.4. The van der Waals surface area contributed by atoms with Gasteiger partial charge in [0.1, 0.15) is 17.5 Å². The molecule has 0 saturated heterocycles. The molecule has 96 valence electrons. The van der Waals surface area contributed by atoms with Gasteiger partial charge in [-0.25, -0.2) is 9.97 Å². The molecule has 1 atom stereocenters. The third kappa shape index (κ3) is 3.58. The fraction of sp³-hybridized carbons (Fsp3) is 0.692. The first-order valence-corrected chi connectivity index (χ1v) is 6.51. The van der Waals surface area contributed by atoms with Gasteiger partial charge in [-0.1, -0.05) is 27.2 Å². The number of rotatable bonds is 6. The summed E-state index contributed by atoms with van der Waals surface area (Å²) in [5.74, 6) is 2.29. The van der Waals surface area contributed by atoms with E-state index in [0.717, 1.165) is 36.5 Å². The summed E-state index contributed by atoms with van der Waals surface area (Å²) >= 11 is 0. The maximum atomic E-state index is 5.90. The summed E-state index contributed by atoms with van der Waals surface area (Å²) in [7, 11) is 0. The topological polar surface area (TPSA) is 63.8 Å². The van der Waals surface area contributed by atoms with Gasteiger partial charge < -0.3 is 11.1 Å². The molecule has 0 saturated carbocycles. The molecule has 1 heterocycles. The Morgan fingerprint density at radius 2 is 1.94 bits per heavy atom. The quantitative estimate of drug-likeness (QED) is 0.797. The average Bonchev–Trinajstić information content (AvgIpc) is 2.33. The van der Waals surface area contributed by atoms with Crippen LogP contribution in [0.1, 0.15) is 51.4 Å². The SMILES string of the molecule is CCCC(CC)Nc1nc(CC)nc(N)c1C. The van der Waals surface area contributed by atoms with Gasteiger partial charge in [0.2, 0.25) is 0 Å². The molecule has 0 fully saturated rings. The van der Waals surface area contributed by atoms with E-state index in [1.54, 1.807) is 0 Å². The van der Waals surface area contributed by atoms with Crippen molar-refractivity contribution in [3.05, 3.63) is 11.4 Å². The van der Waals surface area contributed by atoms with E-state index in [0.29, 0.717) is 11.9 Å². The Kier molecular flexibility index (Phi) is 5.19. The van der Waals surface area contributed by atoms with Gasteiger partial charge in [0.25, 0.3) is 0 Å². The van der Waals surface area contributed by atoms with Crippen LogP contribution in [-0.4, -0.2) is 16.0 Å². The van der Waals surface area contributed by atoms with Gasteiger partial charge in [-0.2, -0.15) is 0 Å². The van der Waals surface area contributed by atoms with Crippen LogP contribution in [-0.2, 0) is 6.42 Å². The standard InChI is InChI=1S/C13H24N4/c1-5-8-10(6-2)15-13-9(4)12(14)16-11(7-3)17-13/h10H,5-8H2,1-4H3,(H3,14,15,16,17). The molecule has 0 aromatic carbocycles. The van der Waals surface area contributed by atoms with Crippen molar-refractivity contribution < 1.29 is 0 Å². The van der Waals surface area contributed by atoms with Crippen molar-refractivity contribution in [3.8, 4) is 0 Å². The molecule has 17 heavy (non-hydrogen) atoms. The lowest BCUT2D eigenvalue weighted by atomic mass is 10.1. The first-order chi connectivity index (χ1) is 8.12. The Balaban J connectivity index is 2.92. The van der Waals surface area contributed by atoms with E-state index in [1.807, 2.05) is 13.8 Å². The molecular formula is C13H24N4. The highest BCUT2D eigenvalue weighted by Gasteiger charge is 2.11. The number of hydrogen-bond donors (Lipinski definition) is 2. The number of nitrogen functional groups attached to an aromatic ring is 1. The lowest BCUT2D eigenvalue weighted by Gasteiger charge is -2.19. The van der Waals surface area contributed by atoms with Crippen LogP contribution in [0.25, 0.3) is 0 Å². The van der Waals surface area contributed by atoms with E-state index >= 15 is 0 Å². The summed E-state index contributed by atoms with van der Waals surface area (Å²) in [6, 6.07) is 0.470. The monoisotopic (exact) mass is 236 g/mol. The van der Waals surface area contributed by atoms with Gasteiger partial charge in [0.15, 0.2) is 0 Å².